The molecule has 9 heteroatoms. The van der Waals surface area contributed by atoms with Gasteiger partial charge in [-0.25, -0.2) is 18.7 Å². The molecule has 7 rings (SSSR count). The van der Waals surface area contributed by atoms with Crippen LogP contribution in [0.5, 0.6) is 0 Å². The van der Waals surface area contributed by atoms with E-state index in [4.69, 9.17) is 15.7 Å². The summed E-state index contributed by atoms with van der Waals surface area (Å²) in [6.45, 7) is 1.96. The predicted molar refractivity (Wildman–Crippen MR) is 133 cm³/mol. The van der Waals surface area contributed by atoms with Gasteiger partial charge in [-0.1, -0.05) is 24.3 Å². The molecule has 3 aromatic heterocycles. The minimum atomic E-state index is -0.380. The first-order valence-corrected chi connectivity index (χ1v) is 12.1. The highest BCUT2D eigenvalue weighted by molar-refractivity contribution is 6.00. The zero-order valence-electron chi connectivity index (χ0n) is 19.3. The smallest absolute Gasteiger partial charge is 0.177 e. The number of nitrogens with one attached hydrogen (secondary N) is 1. The highest BCUT2D eigenvalue weighted by atomic mass is 19.1. The number of piperidine rings is 1. The Hall–Kier alpha value is -3.98. The fraction of sp³-hybridized carbons (Fsp3) is 0.259. The SMILES string of the molecule is NC[C@]1(c2ccccc2F)[C@@H]2CCN(c3cnc4c(-c5ccc(F)c6ncccc56)n[nH]c4n3)C[C@@H]21. The molecule has 2 aromatic carbocycles. The second-order valence-corrected chi connectivity index (χ2v) is 9.66. The van der Waals surface area contributed by atoms with Gasteiger partial charge in [-0.15, -0.1) is 0 Å². The van der Waals surface area contributed by atoms with E-state index in [1.807, 2.05) is 18.2 Å². The molecule has 36 heavy (non-hydrogen) atoms. The fourth-order valence-corrected chi connectivity index (χ4v) is 6.31. The van der Waals surface area contributed by atoms with Crippen molar-refractivity contribution in [3.63, 3.8) is 0 Å². The molecule has 5 aromatic rings. The number of rotatable bonds is 4. The van der Waals surface area contributed by atoms with Crippen molar-refractivity contribution in [2.45, 2.75) is 11.8 Å². The molecule has 3 atom stereocenters. The van der Waals surface area contributed by atoms with Crippen molar-refractivity contribution >= 4 is 27.9 Å². The van der Waals surface area contributed by atoms with Crippen LogP contribution in [-0.2, 0) is 5.41 Å². The van der Waals surface area contributed by atoms with Crippen LogP contribution in [0.15, 0.2) is 60.9 Å². The Morgan fingerprint density at radius 3 is 2.75 bits per heavy atom. The molecule has 1 saturated heterocycles. The number of benzene rings is 2. The third-order valence-electron chi connectivity index (χ3n) is 8.10. The summed E-state index contributed by atoms with van der Waals surface area (Å²) in [6, 6.07) is 13.7. The summed E-state index contributed by atoms with van der Waals surface area (Å²) in [6.07, 6.45) is 4.23. The van der Waals surface area contributed by atoms with E-state index in [0.29, 0.717) is 40.2 Å². The molecular formula is C27H23F2N7. The Balaban J connectivity index is 1.21. The van der Waals surface area contributed by atoms with Gasteiger partial charge in [-0.3, -0.25) is 10.1 Å². The molecule has 0 radical (unpaired) electrons. The number of aromatic amines is 1. The van der Waals surface area contributed by atoms with Gasteiger partial charge >= 0.3 is 0 Å². The standard InChI is InChI=1S/C27H23F2N7/c28-20-6-2-1-5-18(20)27(14-30)17-9-11-36(13-19(17)27)22-12-32-25-24(34-35-26(25)33-22)16-7-8-21(29)23-15(16)4-3-10-31-23/h1-8,10,12,17,19H,9,11,13-14,30H2,(H,33,34,35)/t17-,19+,27-/m1/s1. The average Bonchev–Trinajstić information content (AvgIpc) is 3.38. The molecule has 3 N–H and O–H groups in total. The van der Waals surface area contributed by atoms with Gasteiger partial charge in [-0.05, 0) is 48.1 Å². The highest BCUT2D eigenvalue weighted by Gasteiger charge is 2.66. The van der Waals surface area contributed by atoms with Crippen LogP contribution in [-0.4, -0.2) is 44.8 Å². The van der Waals surface area contributed by atoms with Crippen LogP contribution in [0.1, 0.15) is 12.0 Å². The first-order chi connectivity index (χ1) is 17.6. The number of halogens is 2. The van der Waals surface area contributed by atoms with Crippen molar-refractivity contribution in [1.82, 2.24) is 25.1 Å². The number of pyridine rings is 1. The largest absolute Gasteiger partial charge is 0.355 e. The van der Waals surface area contributed by atoms with Crippen LogP contribution in [0.25, 0.3) is 33.3 Å². The quantitative estimate of drug-likeness (QED) is 0.398. The van der Waals surface area contributed by atoms with E-state index in [2.05, 4.69) is 20.1 Å². The van der Waals surface area contributed by atoms with Gasteiger partial charge in [0, 0.05) is 42.2 Å². The fourth-order valence-electron chi connectivity index (χ4n) is 6.31. The third-order valence-corrected chi connectivity index (χ3v) is 8.10. The van der Waals surface area contributed by atoms with E-state index >= 15 is 0 Å². The summed E-state index contributed by atoms with van der Waals surface area (Å²) in [4.78, 5) is 15.9. The number of fused-ring (bicyclic) bond motifs is 3. The van der Waals surface area contributed by atoms with Gasteiger partial charge in [0.05, 0.1) is 6.20 Å². The van der Waals surface area contributed by atoms with E-state index < -0.39 is 0 Å². The molecule has 0 amide bonds. The molecule has 0 bridgehead atoms. The van der Waals surface area contributed by atoms with Crippen LogP contribution in [0.2, 0.25) is 0 Å². The van der Waals surface area contributed by atoms with Crippen molar-refractivity contribution in [3.8, 4) is 11.3 Å². The van der Waals surface area contributed by atoms with Crippen LogP contribution in [0, 0.1) is 23.5 Å². The Morgan fingerprint density at radius 2 is 1.89 bits per heavy atom. The molecule has 0 spiro atoms. The summed E-state index contributed by atoms with van der Waals surface area (Å²) >= 11 is 0. The Morgan fingerprint density at radius 1 is 1.00 bits per heavy atom. The molecule has 4 heterocycles. The normalized spacial score (nSPS) is 23.2. The maximum atomic E-state index is 14.7. The summed E-state index contributed by atoms with van der Waals surface area (Å²) in [5, 5.41) is 8.12. The van der Waals surface area contributed by atoms with E-state index in [9.17, 15) is 8.78 Å². The Kier molecular flexibility index (Phi) is 4.59. The summed E-state index contributed by atoms with van der Waals surface area (Å²) < 4.78 is 29.0. The van der Waals surface area contributed by atoms with Gasteiger partial charge in [0.25, 0.3) is 0 Å². The van der Waals surface area contributed by atoms with Crippen molar-refractivity contribution in [3.05, 3.63) is 78.1 Å². The first kappa shape index (κ1) is 21.3. The van der Waals surface area contributed by atoms with Crippen molar-refractivity contribution in [1.29, 1.82) is 0 Å². The monoisotopic (exact) mass is 483 g/mol. The number of anilines is 1. The summed E-state index contributed by atoms with van der Waals surface area (Å²) in [5.74, 6) is 0.814. The maximum Gasteiger partial charge on any atom is 0.177 e. The summed E-state index contributed by atoms with van der Waals surface area (Å²) in [5.41, 5.74) is 9.45. The third kappa shape index (κ3) is 2.92. The molecule has 1 aliphatic heterocycles. The van der Waals surface area contributed by atoms with Gasteiger partial charge in [0.15, 0.2) is 5.65 Å². The molecule has 2 aliphatic rings. The van der Waals surface area contributed by atoms with Crippen LogP contribution in [0.3, 0.4) is 0 Å². The second kappa shape index (κ2) is 7.76. The van der Waals surface area contributed by atoms with Gasteiger partial charge in [0.1, 0.15) is 34.2 Å². The van der Waals surface area contributed by atoms with Gasteiger partial charge in [0.2, 0.25) is 0 Å². The molecule has 1 aliphatic carbocycles. The number of aromatic nitrogens is 5. The van der Waals surface area contributed by atoms with Crippen molar-refractivity contribution < 1.29 is 8.78 Å². The number of H-pyrrole nitrogens is 1. The van der Waals surface area contributed by atoms with E-state index in [1.54, 1.807) is 30.6 Å². The number of hydrogen-bond acceptors (Lipinski definition) is 6. The minimum absolute atomic E-state index is 0.182. The lowest BCUT2D eigenvalue weighted by Crippen LogP contribution is -2.32. The van der Waals surface area contributed by atoms with E-state index in [1.165, 1.54) is 12.1 Å². The lowest BCUT2D eigenvalue weighted by molar-refractivity contribution is 0.533. The topological polar surface area (TPSA) is 96.6 Å². The van der Waals surface area contributed by atoms with Gasteiger partial charge in [-0.2, -0.15) is 5.10 Å². The van der Waals surface area contributed by atoms with Crippen LogP contribution in [0.4, 0.5) is 14.6 Å². The first-order valence-electron chi connectivity index (χ1n) is 12.1. The number of hydrogen-bond donors (Lipinski definition) is 2. The molecule has 2 fully saturated rings. The lowest BCUT2D eigenvalue weighted by Gasteiger charge is -2.26. The molecule has 0 unspecified atom stereocenters. The summed E-state index contributed by atoms with van der Waals surface area (Å²) in [7, 11) is 0. The van der Waals surface area contributed by atoms with E-state index in [-0.39, 0.29) is 23.0 Å². The van der Waals surface area contributed by atoms with Crippen LogP contribution < -0.4 is 10.6 Å². The van der Waals surface area contributed by atoms with Crippen LogP contribution >= 0.6 is 0 Å². The molecule has 7 nitrogen and oxygen atoms in total. The number of nitrogens with two attached hydrogens (primary N) is 1. The van der Waals surface area contributed by atoms with Gasteiger partial charge < -0.3 is 10.6 Å². The second-order valence-electron chi connectivity index (χ2n) is 9.66. The zero-order chi connectivity index (χ0) is 24.4. The minimum Gasteiger partial charge on any atom is -0.355 e. The molecule has 1 saturated carbocycles. The molecular weight excluding hydrogens is 460 g/mol. The molecule has 180 valence electrons. The highest BCUT2D eigenvalue weighted by Crippen LogP contribution is 2.63. The van der Waals surface area contributed by atoms with Crippen molar-refractivity contribution in [2.75, 3.05) is 24.5 Å². The maximum absolute atomic E-state index is 14.7. The Labute approximate surface area is 205 Å². The lowest BCUT2D eigenvalue weighted by atomic mass is 9.91. The predicted octanol–water partition coefficient (Wildman–Crippen LogP) is 4.20. The van der Waals surface area contributed by atoms with Crippen molar-refractivity contribution in [2.24, 2.45) is 17.6 Å². The van der Waals surface area contributed by atoms with E-state index in [0.717, 1.165) is 36.5 Å². The average molecular weight is 484 g/mol. The number of nitrogens with zero attached hydrogens (tertiary/aromatic N) is 5. The Bertz CT molecular complexity index is 1630. The zero-order valence-corrected chi connectivity index (χ0v) is 19.3.